The molecule has 3 amide bonds. The van der Waals surface area contributed by atoms with Crippen LogP contribution in [0.1, 0.15) is 58.0 Å². The molecular formula is C33H36Cl2N4O3. The van der Waals surface area contributed by atoms with E-state index >= 15 is 0 Å². The van der Waals surface area contributed by atoms with Gasteiger partial charge in [0.15, 0.2) is 0 Å². The smallest absolute Gasteiger partial charge is 0.260 e. The summed E-state index contributed by atoms with van der Waals surface area (Å²) in [6.07, 6.45) is 3.44. The number of halogens is 2. The average Bonchev–Trinajstić information content (AvgIpc) is 3.15. The molecule has 0 aliphatic carbocycles. The molecule has 0 saturated carbocycles. The number of piperazine rings is 1. The predicted octanol–water partition coefficient (Wildman–Crippen LogP) is 6.46. The topological polar surface area (TPSA) is 73.0 Å². The number of aryl methyl sites for hydroxylation is 2. The predicted molar refractivity (Wildman–Crippen MR) is 169 cm³/mol. The number of nitrogens with one attached hydrogen (secondary N) is 1. The number of anilines is 2. The summed E-state index contributed by atoms with van der Waals surface area (Å²) >= 11 is 13.1. The minimum Gasteiger partial charge on any atom is -0.340 e. The summed E-state index contributed by atoms with van der Waals surface area (Å²) in [6.45, 7) is 7.45. The zero-order valence-electron chi connectivity index (χ0n) is 24.0. The van der Waals surface area contributed by atoms with Crippen molar-refractivity contribution in [2.24, 2.45) is 0 Å². The van der Waals surface area contributed by atoms with Gasteiger partial charge in [-0.15, -0.1) is 0 Å². The fourth-order valence-corrected chi connectivity index (χ4v) is 6.39. The van der Waals surface area contributed by atoms with E-state index < -0.39 is 0 Å². The van der Waals surface area contributed by atoms with Gasteiger partial charge in [0.1, 0.15) is 0 Å². The van der Waals surface area contributed by atoms with Crippen LogP contribution in [-0.4, -0.2) is 66.3 Å². The van der Waals surface area contributed by atoms with Crippen LogP contribution in [0.25, 0.3) is 0 Å². The van der Waals surface area contributed by atoms with E-state index in [2.05, 4.69) is 10.2 Å². The van der Waals surface area contributed by atoms with Crippen LogP contribution in [0.4, 0.5) is 11.4 Å². The molecule has 7 nitrogen and oxygen atoms in total. The molecule has 3 aromatic rings. The van der Waals surface area contributed by atoms with E-state index in [1.807, 2.05) is 53.1 Å². The number of nitrogens with zero attached hydrogens (tertiary/aromatic N) is 3. The van der Waals surface area contributed by atoms with Crippen molar-refractivity contribution in [3.05, 3.63) is 93.0 Å². The highest BCUT2D eigenvalue weighted by Crippen LogP contribution is 2.35. The third-order valence-electron chi connectivity index (χ3n) is 8.31. The lowest BCUT2D eigenvalue weighted by Gasteiger charge is -2.37. The van der Waals surface area contributed by atoms with Gasteiger partial charge in [-0.3, -0.25) is 19.3 Å². The Morgan fingerprint density at radius 1 is 0.929 bits per heavy atom. The van der Waals surface area contributed by atoms with Crippen molar-refractivity contribution in [2.75, 3.05) is 42.9 Å². The molecule has 2 heterocycles. The highest BCUT2D eigenvalue weighted by atomic mass is 35.5. The third-order valence-corrected chi connectivity index (χ3v) is 8.86. The van der Waals surface area contributed by atoms with Crippen molar-refractivity contribution in [1.29, 1.82) is 0 Å². The fourth-order valence-electron chi connectivity index (χ4n) is 5.93. The van der Waals surface area contributed by atoms with Crippen LogP contribution >= 0.6 is 23.2 Å². The van der Waals surface area contributed by atoms with Crippen molar-refractivity contribution >= 4 is 52.3 Å². The summed E-state index contributed by atoms with van der Waals surface area (Å²) in [5, 5.41) is 3.83. The van der Waals surface area contributed by atoms with E-state index in [4.69, 9.17) is 23.2 Å². The summed E-state index contributed by atoms with van der Waals surface area (Å²) < 4.78 is 0. The van der Waals surface area contributed by atoms with E-state index in [1.165, 1.54) is 0 Å². The number of hydrogen-bond acceptors (Lipinski definition) is 4. The Labute approximate surface area is 257 Å². The summed E-state index contributed by atoms with van der Waals surface area (Å²) in [6, 6.07) is 18.1. The standard InChI is InChI=1S/C33H36Cl2N4O3/c1-22-6-3-4-9-28(22)32(41)36-26-11-12-29(30(35)21-26)33(42)39-27(8-5-7-24-20-25(34)10-13-31(24)39)14-15-37-16-18-38(19-17-37)23(2)40/h3-4,6,9-13,20-21,27H,5,7-8,14-19H2,1-2H3,(H,36,41). The Bertz CT molecular complexity index is 1490. The molecule has 42 heavy (non-hydrogen) atoms. The number of hydrogen-bond donors (Lipinski definition) is 1. The van der Waals surface area contributed by atoms with Gasteiger partial charge in [0.2, 0.25) is 5.91 Å². The number of rotatable bonds is 6. The Morgan fingerprint density at radius 2 is 1.69 bits per heavy atom. The molecule has 1 unspecified atom stereocenters. The molecule has 2 aliphatic rings. The van der Waals surface area contributed by atoms with Gasteiger partial charge in [-0.25, -0.2) is 0 Å². The Morgan fingerprint density at radius 3 is 2.40 bits per heavy atom. The maximum Gasteiger partial charge on any atom is 0.260 e. The van der Waals surface area contributed by atoms with Gasteiger partial charge in [-0.1, -0.05) is 41.4 Å². The zero-order chi connectivity index (χ0) is 29.8. The second kappa shape index (κ2) is 13.3. The Balaban J connectivity index is 1.37. The molecule has 5 rings (SSSR count). The first-order valence-corrected chi connectivity index (χ1v) is 15.2. The maximum absolute atomic E-state index is 14.3. The van der Waals surface area contributed by atoms with Crippen molar-refractivity contribution in [3.8, 4) is 0 Å². The van der Waals surface area contributed by atoms with Crippen molar-refractivity contribution in [1.82, 2.24) is 9.80 Å². The molecule has 1 fully saturated rings. The minimum absolute atomic E-state index is 0.0257. The number of carbonyl (C=O) groups excluding carboxylic acids is 3. The first-order chi connectivity index (χ1) is 20.2. The highest BCUT2D eigenvalue weighted by molar-refractivity contribution is 6.35. The van der Waals surface area contributed by atoms with Crippen LogP contribution in [0, 0.1) is 6.92 Å². The monoisotopic (exact) mass is 606 g/mol. The Kier molecular flexibility index (Phi) is 9.51. The number of amides is 3. The van der Waals surface area contributed by atoms with Gasteiger partial charge >= 0.3 is 0 Å². The van der Waals surface area contributed by atoms with Crippen molar-refractivity contribution in [2.45, 2.75) is 45.6 Å². The van der Waals surface area contributed by atoms with E-state index in [1.54, 1.807) is 31.2 Å². The number of carbonyl (C=O) groups is 3. The maximum atomic E-state index is 14.3. The van der Waals surface area contributed by atoms with Crippen LogP contribution in [0.3, 0.4) is 0 Å². The molecule has 0 spiro atoms. The molecule has 2 aliphatic heterocycles. The lowest BCUT2D eigenvalue weighted by molar-refractivity contribution is -0.130. The van der Waals surface area contributed by atoms with E-state index in [9.17, 15) is 14.4 Å². The third kappa shape index (κ3) is 6.80. The average molecular weight is 608 g/mol. The van der Waals surface area contributed by atoms with Gasteiger partial charge in [-0.2, -0.15) is 0 Å². The molecule has 9 heteroatoms. The SMILES string of the molecule is CC(=O)N1CCN(CCC2CCCc3cc(Cl)ccc3N2C(=O)c2ccc(NC(=O)c3ccccc3C)cc2Cl)CC1. The first-order valence-electron chi connectivity index (χ1n) is 14.5. The summed E-state index contributed by atoms with van der Waals surface area (Å²) in [5.74, 6) is -0.289. The van der Waals surface area contributed by atoms with Gasteiger partial charge in [-0.05, 0) is 86.2 Å². The van der Waals surface area contributed by atoms with Crippen LogP contribution in [0.15, 0.2) is 60.7 Å². The molecule has 0 radical (unpaired) electrons. The van der Waals surface area contributed by atoms with Crippen LogP contribution in [0.5, 0.6) is 0 Å². The normalized spacial score (nSPS) is 17.4. The molecule has 1 saturated heterocycles. The van der Waals surface area contributed by atoms with Gasteiger partial charge in [0.05, 0.1) is 10.6 Å². The molecule has 0 aromatic heterocycles. The first kappa shape index (κ1) is 30.1. The van der Waals surface area contributed by atoms with E-state index in [0.29, 0.717) is 21.8 Å². The summed E-state index contributed by atoms with van der Waals surface area (Å²) in [5.41, 5.74) is 4.27. The minimum atomic E-state index is -0.231. The van der Waals surface area contributed by atoms with Gasteiger partial charge in [0, 0.05) is 67.7 Å². The highest BCUT2D eigenvalue weighted by Gasteiger charge is 2.32. The lowest BCUT2D eigenvalue weighted by Crippen LogP contribution is -2.49. The molecule has 1 atom stereocenters. The second-order valence-electron chi connectivity index (χ2n) is 11.1. The molecule has 220 valence electrons. The summed E-state index contributed by atoms with van der Waals surface area (Å²) in [4.78, 5) is 45.0. The molecule has 0 bridgehead atoms. The Hall–Kier alpha value is -3.39. The van der Waals surface area contributed by atoms with E-state index in [0.717, 1.165) is 75.2 Å². The van der Waals surface area contributed by atoms with Crippen molar-refractivity contribution < 1.29 is 14.4 Å². The largest absolute Gasteiger partial charge is 0.340 e. The van der Waals surface area contributed by atoms with Crippen LogP contribution in [0.2, 0.25) is 10.0 Å². The quantitative estimate of drug-likeness (QED) is 0.349. The van der Waals surface area contributed by atoms with Crippen molar-refractivity contribution in [3.63, 3.8) is 0 Å². The van der Waals surface area contributed by atoms with Gasteiger partial charge in [0.25, 0.3) is 11.8 Å². The second-order valence-corrected chi connectivity index (χ2v) is 11.9. The molecular weight excluding hydrogens is 571 g/mol. The number of benzene rings is 3. The fraction of sp³-hybridized carbons (Fsp3) is 0.364. The lowest BCUT2D eigenvalue weighted by atomic mass is 10.0. The van der Waals surface area contributed by atoms with Crippen LogP contribution in [-0.2, 0) is 11.2 Å². The van der Waals surface area contributed by atoms with Crippen LogP contribution < -0.4 is 10.2 Å². The zero-order valence-corrected chi connectivity index (χ0v) is 25.5. The molecule has 3 aromatic carbocycles. The van der Waals surface area contributed by atoms with Gasteiger partial charge < -0.3 is 15.1 Å². The number of fused-ring (bicyclic) bond motifs is 1. The molecule has 1 N–H and O–H groups in total. The summed E-state index contributed by atoms with van der Waals surface area (Å²) in [7, 11) is 0. The van der Waals surface area contributed by atoms with E-state index in [-0.39, 0.29) is 28.8 Å².